The van der Waals surface area contributed by atoms with Crippen molar-refractivity contribution in [2.75, 3.05) is 18.2 Å². The summed E-state index contributed by atoms with van der Waals surface area (Å²) in [4.78, 5) is 27.6. The molecule has 0 atom stereocenters. The zero-order valence-electron chi connectivity index (χ0n) is 12.7. The average molecular weight is 346 g/mol. The number of methoxy groups -OCH3 is 1. The van der Waals surface area contributed by atoms with Gasteiger partial charge >= 0.3 is 5.97 Å². The molecule has 0 radical (unpaired) electrons. The van der Waals surface area contributed by atoms with E-state index in [2.05, 4.69) is 20.5 Å². The fraction of sp³-hybridized carbons (Fsp3) is 0.0714. The minimum absolute atomic E-state index is 0.0560. The molecule has 0 unspecified atom stereocenters. The Morgan fingerprint density at radius 1 is 1.36 bits per heavy atom. The van der Waals surface area contributed by atoms with E-state index in [0.29, 0.717) is 0 Å². The van der Waals surface area contributed by atoms with Gasteiger partial charge in [-0.2, -0.15) is 0 Å². The van der Waals surface area contributed by atoms with Crippen molar-refractivity contribution in [2.24, 2.45) is 0 Å². The van der Waals surface area contributed by atoms with Crippen LogP contribution in [0.3, 0.4) is 0 Å². The van der Waals surface area contributed by atoms with Crippen molar-refractivity contribution in [2.45, 2.75) is 0 Å². The van der Waals surface area contributed by atoms with E-state index in [1.165, 1.54) is 23.8 Å². The van der Waals surface area contributed by atoms with Gasteiger partial charge < -0.3 is 20.9 Å². The maximum absolute atomic E-state index is 13.7. The van der Waals surface area contributed by atoms with Gasteiger partial charge in [-0.1, -0.05) is 0 Å². The molecule has 0 saturated heterocycles. The van der Waals surface area contributed by atoms with Crippen molar-refractivity contribution in [1.82, 2.24) is 19.6 Å². The molecule has 10 nitrogen and oxygen atoms in total. The van der Waals surface area contributed by atoms with Crippen molar-refractivity contribution in [3.8, 4) is 5.75 Å². The van der Waals surface area contributed by atoms with E-state index < -0.39 is 23.3 Å². The summed E-state index contributed by atoms with van der Waals surface area (Å²) in [5, 5.41) is 18.8. The number of halogens is 1. The Balaban J connectivity index is 1.97. The van der Waals surface area contributed by atoms with Crippen LogP contribution < -0.4 is 15.8 Å². The number of carbonyl (C=O) groups excluding carboxylic acids is 1. The van der Waals surface area contributed by atoms with E-state index in [4.69, 9.17) is 10.5 Å². The number of nitrogens with one attached hydrogen (secondary N) is 1. The van der Waals surface area contributed by atoms with Gasteiger partial charge in [0.2, 0.25) is 5.95 Å². The summed E-state index contributed by atoms with van der Waals surface area (Å²) < 4.78 is 19.8. The van der Waals surface area contributed by atoms with E-state index in [-0.39, 0.29) is 28.9 Å². The fourth-order valence-electron chi connectivity index (χ4n) is 2.11. The zero-order valence-corrected chi connectivity index (χ0v) is 12.7. The lowest BCUT2D eigenvalue weighted by Gasteiger charge is -2.11. The number of carboxylic acid groups (broad SMARTS) is 1. The summed E-state index contributed by atoms with van der Waals surface area (Å²) in [7, 11) is 1.22. The number of aromatic nitrogens is 4. The summed E-state index contributed by atoms with van der Waals surface area (Å²) in [6.07, 6.45) is 1.44. The van der Waals surface area contributed by atoms with Gasteiger partial charge in [0.15, 0.2) is 11.6 Å². The van der Waals surface area contributed by atoms with Gasteiger partial charge in [-0.15, -0.1) is 10.2 Å². The number of carbonyl (C=O) groups is 2. The van der Waals surface area contributed by atoms with Gasteiger partial charge in [-0.25, -0.2) is 14.2 Å². The van der Waals surface area contributed by atoms with Crippen LogP contribution in [0.2, 0.25) is 0 Å². The highest BCUT2D eigenvalue weighted by Gasteiger charge is 2.19. The van der Waals surface area contributed by atoms with Gasteiger partial charge in [-0.05, 0) is 12.1 Å². The van der Waals surface area contributed by atoms with Crippen LogP contribution in [-0.4, -0.2) is 43.7 Å². The molecule has 1 aromatic carbocycles. The number of hydrogen-bond acceptors (Lipinski definition) is 7. The number of nitrogens with zero attached hydrogens (tertiary/aromatic N) is 4. The molecular formula is C14H11FN6O4. The number of nitrogen functional groups attached to an aromatic ring is 1. The van der Waals surface area contributed by atoms with Gasteiger partial charge in [0.05, 0.1) is 18.4 Å². The number of fused-ring (bicyclic) bond motifs is 1. The monoisotopic (exact) mass is 346 g/mol. The Labute approximate surface area is 139 Å². The molecule has 128 valence electrons. The highest BCUT2D eigenvalue weighted by molar-refractivity contribution is 6.07. The van der Waals surface area contributed by atoms with Gasteiger partial charge in [-0.3, -0.25) is 9.20 Å². The maximum atomic E-state index is 13.7. The van der Waals surface area contributed by atoms with Crippen molar-refractivity contribution >= 4 is 29.3 Å². The number of amides is 1. The molecule has 0 bridgehead atoms. The predicted octanol–water partition coefficient (Wildman–Crippen LogP) is 0.805. The van der Waals surface area contributed by atoms with E-state index in [1.807, 2.05) is 0 Å². The number of benzene rings is 1. The number of rotatable bonds is 4. The summed E-state index contributed by atoms with van der Waals surface area (Å²) in [6, 6.07) is 3.18. The third kappa shape index (κ3) is 2.89. The summed E-state index contributed by atoms with van der Waals surface area (Å²) in [5.41, 5.74) is 4.93. The van der Waals surface area contributed by atoms with E-state index in [1.54, 1.807) is 0 Å². The van der Waals surface area contributed by atoms with Crippen molar-refractivity contribution < 1.29 is 23.8 Å². The molecule has 0 saturated carbocycles. The quantitative estimate of drug-likeness (QED) is 0.629. The second kappa shape index (κ2) is 6.03. The number of carboxylic acids is 1. The van der Waals surface area contributed by atoms with Crippen molar-refractivity contribution in [3.05, 3.63) is 41.5 Å². The summed E-state index contributed by atoms with van der Waals surface area (Å²) >= 11 is 0. The second-order valence-corrected chi connectivity index (χ2v) is 4.83. The van der Waals surface area contributed by atoms with Crippen LogP contribution in [-0.2, 0) is 0 Å². The number of aromatic carboxylic acids is 1. The SMILES string of the molecule is COc1cc(NC(=O)c2ccn3c(N)nnc3n2)c(C(=O)O)cc1F. The molecule has 1 amide bonds. The lowest BCUT2D eigenvalue weighted by molar-refractivity contribution is 0.0697. The minimum Gasteiger partial charge on any atom is -0.494 e. The molecule has 4 N–H and O–H groups in total. The Kier molecular flexibility index (Phi) is 3.89. The average Bonchev–Trinajstić information content (AvgIpc) is 2.96. The first-order valence-electron chi connectivity index (χ1n) is 6.80. The molecule has 0 aliphatic heterocycles. The van der Waals surface area contributed by atoms with Gasteiger partial charge in [0.25, 0.3) is 11.7 Å². The molecule has 0 aliphatic carbocycles. The van der Waals surface area contributed by atoms with Crippen LogP contribution >= 0.6 is 0 Å². The zero-order chi connectivity index (χ0) is 18.1. The topological polar surface area (TPSA) is 145 Å². The third-order valence-electron chi connectivity index (χ3n) is 3.31. The third-order valence-corrected chi connectivity index (χ3v) is 3.31. The Morgan fingerprint density at radius 2 is 2.12 bits per heavy atom. The van der Waals surface area contributed by atoms with Crippen LogP contribution in [0.25, 0.3) is 5.78 Å². The lowest BCUT2D eigenvalue weighted by atomic mass is 10.1. The minimum atomic E-state index is -1.41. The molecule has 2 aromatic heterocycles. The van der Waals surface area contributed by atoms with E-state index >= 15 is 0 Å². The highest BCUT2D eigenvalue weighted by Crippen LogP contribution is 2.26. The van der Waals surface area contributed by atoms with E-state index in [9.17, 15) is 19.1 Å². The predicted molar refractivity (Wildman–Crippen MR) is 83.1 cm³/mol. The number of hydrogen-bond donors (Lipinski definition) is 3. The lowest BCUT2D eigenvalue weighted by Crippen LogP contribution is -2.17. The fourth-order valence-corrected chi connectivity index (χ4v) is 2.11. The number of anilines is 2. The summed E-state index contributed by atoms with van der Waals surface area (Å²) in [5.74, 6) is -3.01. The van der Waals surface area contributed by atoms with Crippen LogP contribution in [0.4, 0.5) is 16.0 Å². The van der Waals surface area contributed by atoms with E-state index in [0.717, 1.165) is 12.1 Å². The molecule has 11 heteroatoms. The Morgan fingerprint density at radius 3 is 2.80 bits per heavy atom. The Bertz CT molecular complexity index is 1000. The Hall–Kier alpha value is -3.76. The molecular weight excluding hydrogens is 335 g/mol. The largest absolute Gasteiger partial charge is 0.494 e. The molecule has 2 heterocycles. The molecule has 25 heavy (non-hydrogen) atoms. The second-order valence-electron chi connectivity index (χ2n) is 4.83. The molecule has 3 rings (SSSR count). The highest BCUT2D eigenvalue weighted by atomic mass is 19.1. The standard InChI is InChI=1S/C14H11FN6O4/c1-25-10-5-9(6(12(23)24)4-7(10)15)17-11(22)8-2-3-21-13(16)19-20-14(21)18-8/h2-5H,1H3,(H2,16,19)(H,17,22)(H,23,24). The first kappa shape index (κ1) is 16.1. The van der Waals surface area contributed by atoms with Crippen LogP contribution in [0, 0.1) is 5.82 Å². The normalized spacial score (nSPS) is 10.6. The first-order valence-corrected chi connectivity index (χ1v) is 6.80. The van der Waals surface area contributed by atoms with Crippen LogP contribution in [0.1, 0.15) is 20.8 Å². The smallest absolute Gasteiger partial charge is 0.337 e. The van der Waals surface area contributed by atoms with Gasteiger partial charge in [0.1, 0.15) is 5.69 Å². The van der Waals surface area contributed by atoms with Crippen molar-refractivity contribution in [1.29, 1.82) is 0 Å². The molecule has 0 aliphatic rings. The molecule has 0 fully saturated rings. The molecule has 3 aromatic rings. The van der Waals surface area contributed by atoms with Crippen LogP contribution in [0.5, 0.6) is 5.75 Å². The van der Waals surface area contributed by atoms with Crippen LogP contribution in [0.15, 0.2) is 24.4 Å². The van der Waals surface area contributed by atoms with Gasteiger partial charge in [0, 0.05) is 12.3 Å². The molecule has 0 spiro atoms. The number of ether oxygens (including phenoxy) is 1. The summed E-state index contributed by atoms with van der Waals surface area (Å²) in [6.45, 7) is 0. The van der Waals surface area contributed by atoms with Crippen molar-refractivity contribution in [3.63, 3.8) is 0 Å². The number of nitrogens with two attached hydrogens (primary N) is 1. The maximum Gasteiger partial charge on any atom is 0.337 e. The first-order chi connectivity index (χ1) is 11.9.